The number of thiol groups is 1. The lowest BCUT2D eigenvalue weighted by Crippen LogP contribution is -1.74. The molecule has 0 fully saturated rings. The summed E-state index contributed by atoms with van der Waals surface area (Å²) in [6, 6.07) is 0. The summed E-state index contributed by atoms with van der Waals surface area (Å²) in [5.74, 6) is 0. The topological polar surface area (TPSA) is 29.5 Å². The summed E-state index contributed by atoms with van der Waals surface area (Å²) >= 11 is 3.50. The maximum absolute atomic E-state index is 7.57. The minimum absolute atomic E-state index is 0.250. The molecular weight excluding hydrogens is 124 g/mol. The fourth-order valence-corrected chi connectivity index (χ4v) is 0.274. The van der Waals surface area contributed by atoms with E-state index in [1.165, 1.54) is 0 Å². The molecule has 0 aromatic carbocycles. The number of aliphatic hydroxyl groups is 1. The molecule has 0 bridgehead atoms. The summed E-state index contributed by atoms with van der Waals surface area (Å²) in [5, 5.41) is 7.57. The van der Waals surface area contributed by atoms with Crippen LogP contribution in [0.2, 0.25) is 0 Å². The van der Waals surface area contributed by atoms with Crippen LogP contribution in [0, 0.1) is 0 Å². The van der Waals surface area contributed by atoms with Gasteiger partial charge >= 0.3 is 0 Å². The predicted octanol–water partition coefficient (Wildman–Crippen LogP) is 1.26. The third-order valence-electron chi connectivity index (χ3n) is 0.295. The molecule has 8 heavy (non-hydrogen) atoms. The molecule has 52 valence electrons. The zero-order valence-corrected chi connectivity index (χ0v) is 6.32. The van der Waals surface area contributed by atoms with Gasteiger partial charge in [0.2, 0.25) is 0 Å². The molecule has 0 aromatic rings. The molecule has 0 spiro atoms. The van der Waals surface area contributed by atoms with Gasteiger partial charge in [-0.2, -0.15) is 0 Å². The summed E-state index contributed by atoms with van der Waals surface area (Å²) in [7, 11) is 0. The van der Waals surface area contributed by atoms with Crippen LogP contribution >= 0.6 is 12.9 Å². The Kier molecular flexibility index (Phi) is 21.8. The smallest absolute Gasteiger partial charge is 0.0607 e. The Balaban J connectivity index is 0. The molecule has 2 nitrogen and oxygen atoms in total. The van der Waals surface area contributed by atoms with Crippen molar-refractivity contribution >= 4 is 12.9 Å². The van der Waals surface area contributed by atoms with E-state index in [0.29, 0.717) is 0 Å². The Morgan fingerprint density at radius 2 is 1.88 bits per heavy atom. The Bertz CT molecular complexity index is 24.4. The molecular formula is C5H14O2S. The monoisotopic (exact) mass is 138 g/mol. The second-order valence-electron chi connectivity index (χ2n) is 1.15. The van der Waals surface area contributed by atoms with Crippen molar-refractivity contribution in [2.45, 2.75) is 20.3 Å². The SMILES string of the molecule is CCCOS.CCO. The van der Waals surface area contributed by atoms with Crippen LogP contribution in [0.25, 0.3) is 0 Å². The van der Waals surface area contributed by atoms with E-state index in [1.54, 1.807) is 6.92 Å². The molecule has 0 aliphatic rings. The maximum atomic E-state index is 7.57. The van der Waals surface area contributed by atoms with Gasteiger partial charge in [-0.25, -0.2) is 0 Å². The van der Waals surface area contributed by atoms with Crippen LogP contribution in [0.3, 0.4) is 0 Å². The zero-order valence-electron chi connectivity index (χ0n) is 5.42. The highest BCUT2D eigenvalue weighted by atomic mass is 32.1. The van der Waals surface area contributed by atoms with E-state index in [0.717, 1.165) is 13.0 Å². The normalized spacial score (nSPS) is 7.50. The average molecular weight is 138 g/mol. The van der Waals surface area contributed by atoms with Crippen molar-refractivity contribution < 1.29 is 9.29 Å². The molecule has 0 saturated carbocycles. The van der Waals surface area contributed by atoms with E-state index in [9.17, 15) is 0 Å². The lowest BCUT2D eigenvalue weighted by molar-refractivity contribution is 0.318. The van der Waals surface area contributed by atoms with Crippen LogP contribution in [0.4, 0.5) is 0 Å². The van der Waals surface area contributed by atoms with Gasteiger partial charge in [-0.3, -0.25) is 0 Å². The van der Waals surface area contributed by atoms with Crippen molar-refractivity contribution in [2.24, 2.45) is 0 Å². The number of hydrogen-bond acceptors (Lipinski definition) is 3. The van der Waals surface area contributed by atoms with Gasteiger partial charge in [0.15, 0.2) is 0 Å². The summed E-state index contributed by atoms with van der Waals surface area (Å²) in [6.07, 6.45) is 1.05. The molecule has 0 rings (SSSR count). The summed E-state index contributed by atoms with van der Waals surface area (Å²) < 4.78 is 4.39. The number of rotatable bonds is 2. The zero-order chi connectivity index (χ0) is 6.83. The van der Waals surface area contributed by atoms with Crippen molar-refractivity contribution in [1.82, 2.24) is 0 Å². The quantitative estimate of drug-likeness (QED) is 0.444. The number of aliphatic hydroxyl groups excluding tert-OH is 1. The van der Waals surface area contributed by atoms with Crippen LogP contribution in [-0.4, -0.2) is 18.3 Å². The molecule has 1 N–H and O–H groups in total. The molecule has 0 aromatic heterocycles. The first-order valence-electron chi connectivity index (χ1n) is 2.70. The largest absolute Gasteiger partial charge is 0.397 e. The Hall–Kier alpha value is 0.270. The van der Waals surface area contributed by atoms with Gasteiger partial charge in [0, 0.05) is 6.61 Å². The van der Waals surface area contributed by atoms with Crippen molar-refractivity contribution in [3.8, 4) is 0 Å². The third-order valence-corrected chi connectivity index (χ3v) is 0.478. The van der Waals surface area contributed by atoms with Crippen LogP contribution in [0.1, 0.15) is 20.3 Å². The molecule has 0 unspecified atom stereocenters. The Morgan fingerprint density at radius 1 is 1.50 bits per heavy atom. The van der Waals surface area contributed by atoms with Crippen LogP contribution in [0.15, 0.2) is 0 Å². The first-order valence-corrected chi connectivity index (χ1v) is 3.07. The molecule has 0 amide bonds. The van der Waals surface area contributed by atoms with Gasteiger partial charge in [0.1, 0.15) is 0 Å². The minimum Gasteiger partial charge on any atom is -0.397 e. The van der Waals surface area contributed by atoms with E-state index < -0.39 is 0 Å². The van der Waals surface area contributed by atoms with Crippen LogP contribution in [0.5, 0.6) is 0 Å². The summed E-state index contributed by atoms with van der Waals surface area (Å²) in [5.41, 5.74) is 0. The van der Waals surface area contributed by atoms with Crippen molar-refractivity contribution in [2.75, 3.05) is 13.2 Å². The first-order chi connectivity index (χ1) is 3.83. The second kappa shape index (κ2) is 15.7. The molecule has 0 aliphatic carbocycles. The Labute approximate surface area is 56.5 Å². The minimum atomic E-state index is 0.250. The maximum Gasteiger partial charge on any atom is 0.0607 e. The van der Waals surface area contributed by atoms with E-state index in [-0.39, 0.29) is 6.61 Å². The highest BCUT2D eigenvalue weighted by molar-refractivity contribution is 7.75. The van der Waals surface area contributed by atoms with Crippen molar-refractivity contribution in [3.05, 3.63) is 0 Å². The van der Waals surface area contributed by atoms with Crippen LogP contribution in [-0.2, 0) is 4.18 Å². The molecule has 0 radical (unpaired) electrons. The molecule has 0 atom stereocenters. The lowest BCUT2D eigenvalue weighted by atomic mass is 10.5. The number of hydrogen-bond donors (Lipinski definition) is 2. The van der Waals surface area contributed by atoms with Gasteiger partial charge in [0.25, 0.3) is 0 Å². The van der Waals surface area contributed by atoms with Gasteiger partial charge in [-0.15, -0.1) is 0 Å². The predicted molar refractivity (Wildman–Crippen MR) is 38.0 cm³/mol. The second-order valence-corrected chi connectivity index (χ2v) is 1.41. The van der Waals surface area contributed by atoms with Crippen molar-refractivity contribution in [3.63, 3.8) is 0 Å². The van der Waals surface area contributed by atoms with Gasteiger partial charge in [0.05, 0.1) is 6.61 Å². The van der Waals surface area contributed by atoms with Gasteiger partial charge in [-0.05, 0) is 26.3 Å². The average Bonchev–Trinajstić information content (AvgIpc) is 1.71. The Morgan fingerprint density at radius 3 is 1.88 bits per heavy atom. The highest BCUT2D eigenvalue weighted by Crippen LogP contribution is 1.79. The van der Waals surface area contributed by atoms with E-state index in [4.69, 9.17) is 5.11 Å². The molecule has 0 aliphatic heterocycles. The molecule has 0 saturated heterocycles. The molecule has 0 heterocycles. The van der Waals surface area contributed by atoms with Crippen LogP contribution < -0.4 is 0 Å². The van der Waals surface area contributed by atoms with Crippen molar-refractivity contribution in [1.29, 1.82) is 0 Å². The highest BCUT2D eigenvalue weighted by Gasteiger charge is 1.67. The summed E-state index contributed by atoms with van der Waals surface area (Å²) in [4.78, 5) is 0. The van der Waals surface area contributed by atoms with E-state index in [1.807, 2.05) is 6.92 Å². The van der Waals surface area contributed by atoms with E-state index >= 15 is 0 Å². The van der Waals surface area contributed by atoms with Gasteiger partial charge < -0.3 is 9.29 Å². The van der Waals surface area contributed by atoms with Gasteiger partial charge in [-0.1, -0.05) is 6.92 Å². The fourth-order valence-electron chi connectivity index (χ4n) is 0.0913. The summed E-state index contributed by atoms with van der Waals surface area (Å²) in [6.45, 7) is 4.72. The lowest BCUT2D eigenvalue weighted by Gasteiger charge is -1.82. The first kappa shape index (κ1) is 11.1. The molecule has 3 heteroatoms. The standard InChI is InChI=1S/C3H8OS.C2H6O/c1-2-3-4-5;1-2-3/h5H,2-3H2,1H3;3H,2H2,1H3. The third kappa shape index (κ3) is 33.8. The fraction of sp³-hybridized carbons (Fsp3) is 1.00. The van der Waals surface area contributed by atoms with E-state index in [2.05, 4.69) is 17.1 Å².